The second-order valence-corrected chi connectivity index (χ2v) is 19.2. The third kappa shape index (κ3) is 51.0. The Morgan fingerprint density at radius 3 is 0.841 bits per heavy atom. The minimum atomic E-state index is -0.767. The number of carbonyl (C=O) groups excluding carboxylic acids is 3. The van der Waals surface area contributed by atoms with Gasteiger partial charge in [-0.2, -0.15) is 0 Å². The van der Waals surface area contributed by atoms with Gasteiger partial charge in [-0.25, -0.2) is 0 Å². The van der Waals surface area contributed by atoms with Gasteiger partial charge in [0.25, 0.3) is 0 Å². The van der Waals surface area contributed by atoms with Crippen LogP contribution in [0.2, 0.25) is 0 Å². The highest BCUT2D eigenvalue weighted by atomic mass is 16.6. The predicted octanol–water partition coefficient (Wildman–Crippen LogP) is 18.5. The normalized spacial score (nSPS) is 12.0. The largest absolute Gasteiger partial charge is 0.462 e. The van der Waals surface area contributed by atoms with Crippen molar-refractivity contribution in [2.75, 3.05) is 13.2 Å². The van der Waals surface area contributed by atoms with Gasteiger partial charge < -0.3 is 14.2 Å². The first kappa shape index (κ1) is 61.1. The third-order valence-corrected chi connectivity index (χ3v) is 12.8. The zero-order valence-electron chi connectivity index (χ0n) is 42.6. The maximum atomic E-state index is 12.7. The summed E-state index contributed by atoms with van der Waals surface area (Å²) in [6.07, 6.45) is 59.4. The van der Waals surface area contributed by atoms with Crippen LogP contribution < -0.4 is 0 Å². The molecule has 63 heavy (non-hydrogen) atoms. The first-order valence-electron chi connectivity index (χ1n) is 28.2. The minimum Gasteiger partial charge on any atom is -0.462 e. The van der Waals surface area contributed by atoms with E-state index in [2.05, 4.69) is 32.9 Å². The van der Waals surface area contributed by atoms with E-state index in [1.165, 1.54) is 212 Å². The Morgan fingerprint density at radius 2 is 0.540 bits per heavy atom. The van der Waals surface area contributed by atoms with E-state index in [4.69, 9.17) is 14.2 Å². The Kier molecular flexibility index (Phi) is 51.2. The smallest absolute Gasteiger partial charge is 0.306 e. The lowest BCUT2D eigenvalue weighted by atomic mass is 10.0. The van der Waals surface area contributed by atoms with Gasteiger partial charge in [-0.3, -0.25) is 14.4 Å². The van der Waals surface area contributed by atoms with Crippen LogP contribution in [0, 0.1) is 0 Å². The lowest BCUT2D eigenvalue weighted by Gasteiger charge is -2.18. The molecule has 0 N–H and O–H groups in total. The van der Waals surface area contributed by atoms with E-state index in [0.717, 1.165) is 64.2 Å². The lowest BCUT2D eigenvalue weighted by Crippen LogP contribution is -2.30. The summed E-state index contributed by atoms with van der Waals surface area (Å²) in [7, 11) is 0. The van der Waals surface area contributed by atoms with Crippen molar-refractivity contribution in [3.63, 3.8) is 0 Å². The number of carbonyl (C=O) groups is 3. The van der Waals surface area contributed by atoms with Crippen molar-refractivity contribution in [2.24, 2.45) is 0 Å². The van der Waals surface area contributed by atoms with E-state index >= 15 is 0 Å². The van der Waals surface area contributed by atoms with Gasteiger partial charge in [-0.15, -0.1) is 0 Å². The molecule has 0 aromatic rings. The predicted molar refractivity (Wildman–Crippen MR) is 270 cm³/mol. The average Bonchev–Trinajstić information content (AvgIpc) is 3.28. The highest BCUT2D eigenvalue weighted by Crippen LogP contribution is 2.17. The summed E-state index contributed by atoms with van der Waals surface area (Å²) in [4.78, 5) is 37.9. The van der Waals surface area contributed by atoms with Crippen LogP contribution in [0.25, 0.3) is 0 Å². The van der Waals surface area contributed by atoms with E-state index in [0.29, 0.717) is 19.3 Å². The van der Waals surface area contributed by atoms with Gasteiger partial charge in [0.2, 0.25) is 0 Å². The summed E-state index contributed by atoms with van der Waals surface area (Å²) in [5.74, 6) is -0.864. The molecule has 0 fully saturated rings. The molecular formula is C57H108O6. The standard InChI is InChI=1S/C57H108O6/c1-4-7-10-13-16-19-21-22-23-24-25-26-27-28-29-30-31-32-33-34-36-38-41-44-47-50-56(59)62-53-54(52-61-55(58)49-46-43-40-37-18-15-12-9-6-3)63-57(60)51-48-45-42-39-35-20-17-14-11-8-5-2/h14,17,54H,4-13,15-16,18-53H2,1-3H3/b17-14-. The van der Waals surface area contributed by atoms with Crippen LogP contribution >= 0.6 is 0 Å². The SMILES string of the molecule is CCCC/C=C\CCCCCCCC(=O)OC(COC(=O)CCCCCCCCCCC)COC(=O)CCCCCCCCCCCCCCCCCCCCCCCCCCC. The van der Waals surface area contributed by atoms with Gasteiger partial charge in [-0.1, -0.05) is 270 Å². The Labute approximate surface area is 392 Å². The molecule has 0 amide bonds. The quantitative estimate of drug-likeness (QED) is 0.0262. The number of hydrogen-bond acceptors (Lipinski definition) is 6. The maximum Gasteiger partial charge on any atom is 0.306 e. The first-order valence-corrected chi connectivity index (χ1v) is 28.2. The number of esters is 3. The summed E-state index contributed by atoms with van der Waals surface area (Å²) in [5.41, 5.74) is 0. The Hall–Kier alpha value is -1.85. The van der Waals surface area contributed by atoms with Crippen LogP contribution in [0.1, 0.15) is 316 Å². The van der Waals surface area contributed by atoms with Crippen LogP contribution in [0.15, 0.2) is 12.2 Å². The second-order valence-electron chi connectivity index (χ2n) is 19.2. The minimum absolute atomic E-state index is 0.0684. The molecule has 0 aliphatic heterocycles. The van der Waals surface area contributed by atoms with Crippen LogP contribution in [0.5, 0.6) is 0 Å². The molecule has 0 saturated heterocycles. The highest BCUT2D eigenvalue weighted by molar-refractivity contribution is 5.71. The zero-order valence-corrected chi connectivity index (χ0v) is 42.6. The second kappa shape index (κ2) is 52.8. The van der Waals surface area contributed by atoms with Crippen LogP contribution in [-0.2, 0) is 28.6 Å². The fourth-order valence-electron chi connectivity index (χ4n) is 8.49. The van der Waals surface area contributed by atoms with Gasteiger partial charge in [0.1, 0.15) is 13.2 Å². The van der Waals surface area contributed by atoms with E-state index in [1.807, 2.05) is 0 Å². The Bertz CT molecular complexity index is 978. The monoisotopic (exact) mass is 889 g/mol. The van der Waals surface area contributed by atoms with Crippen molar-refractivity contribution < 1.29 is 28.6 Å². The number of hydrogen-bond donors (Lipinski definition) is 0. The number of allylic oxidation sites excluding steroid dienone is 2. The first-order chi connectivity index (χ1) is 31.0. The summed E-state index contributed by atoms with van der Waals surface area (Å²) in [6, 6.07) is 0. The Morgan fingerprint density at radius 1 is 0.302 bits per heavy atom. The number of ether oxygens (including phenoxy) is 3. The third-order valence-electron chi connectivity index (χ3n) is 12.8. The summed E-state index contributed by atoms with van der Waals surface area (Å²) in [5, 5.41) is 0. The van der Waals surface area contributed by atoms with Gasteiger partial charge in [0.05, 0.1) is 0 Å². The lowest BCUT2D eigenvalue weighted by molar-refractivity contribution is -0.167. The topological polar surface area (TPSA) is 78.9 Å². The van der Waals surface area contributed by atoms with Crippen molar-refractivity contribution in [1.82, 2.24) is 0 Å². The molecule has 1 atom stereocenters. The van der Waals surface area contributed by atoms with Crippen molar-refractivity contribution in [3.05, 3.63) is 12.2 Å². The molecule has 1 unspecified atom stereocenters. The van der Waals surface area contributed by atoms with Crippen LogP contribution in [0.3, 0.4) is 0 Å². The molecule has 0 aromatic heterocycles. The molecule has 6 nitrogen and oxygen atoms in total. The summed E-state index contributed by atoms with van der Waals surface area (Å²) < 4.78 is 16.8. The van der Waals surface area contributed by atoms with E-state index in [-0.39, 0.29) is 31.1 Å². The molecule has 0 aromatic carbocycles. The van der Waals surface area contributed by atoms with Crippen LogP contribution in [0.4, 0.5) is 0 Å². The van der Waals surface area contributed by atoms with Crippen molar-refractivity contribution in [3.8, 4) is 0 Å². The van der Waals surface area contributed by atoms with Gasteiger partial charge >= 0.3 is 17.9 Å². The molecule has 6 heteroatoms. The molecule has 0 aliphatic rings. The molecule has 0 heterocycles. The van der Waals surface area contributed by atoms with Gasteiger partial charge in [0, 0.05) is 19.3 Å². The molecule has 0 rings (SSSR count). The number of unbranched alkanes of at least 4 members (excludes halogenated alkanes) is 39. The van der Waals surface area contributed by atoms with Gasteiger partial charge in [-0.05, 0) is 38.5 Å². The average molecular weight is 889 g/mol. The van der Waals surface area contributed by atoms with E-state index < -0.39 is 6.10 Å². The van der Waals surface area contributed by atoms with E-state index in [1.54, 1.807) is 0 Å². The zero-order chi connectivity index (χ0) is 45.8. The van der Waals surface area contributed by atoms with Crippen LogP contribution in [-0.4, -0.2) is 37.2 Å². The van der Waals surface area contributed by atoms with Crippen molar-refractivity contribution in [1.29, 1.82) is 0 Å². The molecular weight excluding hydrogens is 781 g/mol. The molecule has 0 bridgehead atoms. The fraction of sp³-hybridized carbons (Fsp3) is 0.912. The fourth-order valence-corrected chi connectivity index (χ4v) is 8.49. The summed E-state index contributed by atoms with van der Waals surface area (Å²) >= 11 is 0. The maximum absolute atomic E-state index is 12.7. The van der Waals surface area contributed by atoms with Gasteiger partial charge in [0.15, 0.2) is 6.10 Å². The van der Waals surface area contributed by atoms with Crippen molar-refractivity contribution >= 4 is 17.9 Å². The molecule has 0 spiro atoms. The summed E-state index contributed by atoms with van der Waals surface area (Å²) in [6.45, 7) is 6.62. The molecule has 0 saturated carbocycles. The number of rotatable bonds is 52. The molecule has 0 aliphatic carbocycles. The highest BCUT2D eigenvalue weighted by Gasteiger charge is 2.19. The molecule has 0 radical (unpaired) electrons. The Balaban J connectivity index is 4.07. The van der Waals surface area contributed by atoms with Crippen molar-refractivity contribution in [2.45, 2.75) is 322 Å². The van der Waals surface area contributed by atoms with E-state index in [9.17, 15) is 14.4 Å². The molecule has 372 valence electrons.